The van der Waals surface area contributed by atoms with Gasteiger partial charge in [-0.2, -0.15) is 0 Å². The zero-order valence-corrected chi connectivity index (χ0v) is 9.91. The molecule has 2 heterocycles. The fourth-order valence-corrected chi connectivity index (χ4v) is 4.00. The number of hydrogen-bond acceptors (Lipinski definition) is 2. The second-order valence-corrected chi connectivity index (χ2v) is 5.94. The third kappa shape index (κ3) is 1.83. The molecule has 2 heteroatoms. The molecule has 86 valence electrons. The standard InChI is InChI=1S/C13H24N2/c1-10-5-6-14-7-13(10)15-8-11-3-2-4-12(11)9-15/h10-14H,2-9H2,1H3. The maximum absolute atomic E-state index is 3.57. The maximum atomic E-state index is 3.57. The zero-order valence-electron chi connectivity index (χ0n) is 9.91. The summed E-state index contributed by atoms with van der Waals surface area (Å²) in [5, 5.41) is 3.57. The lowest BCUT2D eigenvalue weighted by atomic mass is 9.93. The molecule has 1 aliphatic carbocycles. The molecule has 15 heavy (non-hydrogen) atoms. The third-order valence-corrected chi connectivity index (χ3v) is 5.01. The van der Waals surface area contributed by atoms with E-state index in [4.69, 9.17) is 0 Å². The molecule has 0 aromatic heterocycles. The van der Waals surface area contributed by atoms with E-state index in [2.05, 4.69) is 17.1 Å². The normalized spacial score (nSPS) is 47.0. The number of piperidine rings is 1. The van der Waals surface area contributed by atoms with Crippen LogP contribution in [0.15, 0.2) is 0 Å². The molecule has 2 aliphatic heterocycles. The highest BCUT2D eigenvalue weighted by Crippen LogP contribution is 2.39. The van der Waals surface area contributed by atoms with Crippen LogP contribution in [0.4, 0.5) is 0 Å². The van der Waals surface area contributed by atoms with E-state index < -0.39 is 0 Å². The molecule has 0 radical (unpaired) electrons. The molecule has 4 unspecified atom stereocenters. The Bertz CT molecular complexity index is 217. The van der Waals surface area contributed by atoms with E-state index in [1.54, 1.807) is 0 Å². The summed E-state index contributed by atoms with van der Waals surface area (Å²) in [6.07, 6.45) is 5.89. The van der Waals surface area contributed by atoms with Gasteiger partial charge in [-0.3, -0.25) is 4.90 Å². The van der Waals surface area contributed by atoms with Crippen LogP contribution in [0.3, 0.4) is 0 Å². The van der Waals surface area contributed by atoms with E-state index >= 15 is 0 Å². The van der Waals surface area contributed by atoms with Crippen LogP contribution in [0.25, 0.3) is 0 Å². The van der Waals surface area contributed by atoms with Crippen molar-refractivity contribution in [2.45, 2.75) is 38.6 Å². The van der Waals surface area contributed by atoms with Gasteiger partial charge in [-0.1, -0.05) is 13.3 Å². The molecule has 2 nitrogen and oxygen atoms in total. The van der Waals surface area contributed by atoms with Gasteiger partial charge in [0.15, 0.2) is 0 Å². The van der Waals surface area contributed by atoms with Crippen molar-refractivity contribution in [2.24, 2.45) is 17.8 Å². The lowest BCUT2D eigenvalue weighted by Crippen LogP contribution is -2.49. The molecular weight excluding hydrogens is 184 g/mol. The minimum Gasteiger partial charge on any atom is -0.315 e. The van der Waals surface area contributed by atoms with Crippen LogP contribution in [-0.2, 0) is 0 Å². The van der Waals surface area contributed by atoms with E-state index in [0.29, 0.717) is 0 Å². The molecule has 0 bridgehead atoms. The van der Waals surface area contributed by atoms with E-state index in [-0.39, 0.29) is 0 Å². The summed E-state index contributed by atoms with van der Waals surface area (Å²) in [7, 11) is 0. The molecule has 3 aliphatic rings. The van der Waals surface area contributed by atoms with Crippen LogP contribution < -0.4 is 5.32 Å². The van der Waals surface area contributed by atoms with Crippen LogP contribution in [0.1, 0.15) is 32.6 Å². The molecule has 0 spiro atoms. The predicted molar refractivity (Wildman–Crippen MR) is 62.8 cm³/mol. The average Bonchev–Trinajstić information content (AvgIpc) is 2.77. The first kappa shape index (κ1) is 10.1. The first-order chi connectivity index (χ1) is 7.34. The summed E-state index contributed by atoms with van der Waals surface area (Å²) >= 11 is 0. The third-order valence-electron chi connectivity index (χ3n) is 5.01. The quantitative estimate of drug-likeness (QED) is 0.706. The van der Waals surface area contributed by atoms with Crippen molar-refractivity contribution in [3.05, 3.63) is 0 Å². The van der Waals surface area contributed by atoms with Gasteiger partial charge in [0.05, 0.1) is 0 Å². The monoisotopic (exact) mass is 208 g/mol. The number of hydrogen-bond donors (Lipinski definition) is 1. The summed E-state index contributed by atoms with van der Waals surface area (Å²) < 4.78 is 0. The van der Waals surface area contributed by atoms with Crippen LogP contribution in [-0.4, -0.2) is 37.1 Å². The largest absolute Gasteiger partial charge is 0.315 e. The van der Waals surface area contributed by atoms with Gasteiger partial charge in [-0.05, 0) is 43.6 Å². The predicted octanol–water partition coefficient (Wildman–Crippen LogP) is 1.72. The zero-order chi connectivity index (χ0) is 10.3. The van der Waals surface area contributed by atoms with Crippen molar-refractivity contribution in [1.29, 1.82) is 0 Å². The highest BCUT2D eigenvalue weighted by Gasteiger charge is 2.40. The number of nitrogens with zero attached hydrogens (tertiary/aromatic N) is 1. The Labute approximate surface area is 93.4 Å². The van der Waals surface area contributed by atoms with Crippen LogP contribution in [0.5, 0.6) is 0 Å². The number of fused-ring (bicyclic) bond motifs is 1. The van der Waals surface area contributed by atoms with E-state index in [0.717, 1.165) is 23.8 Å². The van der Waals surface area contributed by atoms with Gasteiger partial charge in [-0.25, -0.2) is 0 Å². The Balaban J connectivity index is 1.63. The Morgan fingerprint density at radius 2 is 1.80 bits per heavy atom. The van der Waals surface area contributed by atoms with Crippen molar-refractivity contribution in [3.63, 3.8) is 0 Å². The van der Waals surface area contributed by atoms with E-state index in [1.165, 1.54) is 51.9 Å². The Kier molecular flexibility index (Phi) is 2.73. The smallest absolute Gasteiger partial charge is 0.0246 e. The summed E-state index contributed by atoms with van der Waals surface area (Å²) in [6.45, 7) is 7.72. The van der Waals surface area contributed by atoms with Crippen LogP contribution in [0.2, 0.25) is 0 Å². The van der Waals surface area contributed by atoms with Crippen LogP contribution in [0, 0.1) is 17.8 Å². The molecule has 0 amide bonds. The maximum Gasteiger partial charge on any atom is 0.0246 e. The Morgan fingerprint density at radius 3 is 2.47 bits per heavy atom. The molecule has 0 aromatic rings. The molecule has 3 rings (SSSR count). The van der Waals surface area contributed by atoms with Crippen LogP contribution >= 0.6 is 0 Å². The average molecular weight is 208 g/mol. The van der Waals surface area contributed by atoms with Crippen molar-refractivity contribution < 1.29 is 0 Å². The molecule has 2 saturated heterocycles. The molecular formula is C13H24N2. The second-order valence-electron chi connectivity index (χ2n) is 5.94. The van der Waals surface area contributed by atoms with Crippen molar-refractivity contribution in [1.82, 2.24) is 10.2 Å². The summed E-state index contributed by atoms with van der Waals surface area (Å²) in [4.78, 5) is 2.80. The highest BCUT2D eigenvalue weighted by atomic mass is 15.2. The fourth-order valence-electron chi connectivity index (χ4n) is 4.00. The molecule has 0 aromatic carbocycles. The topological polar surface area (TPSA) is 15.3 Å². The molecule has 3 fully saturated rings. The second kappa shape index (κ2) is 4.06. The minimum absolute atomic E-state index is 0.837. The van der Waals surface area contributed by atoms with E-state index in [1.807, 2.05) is 0 Å². The lowest BCUT2D eigenvalue weighted by Gasteiger charge is -2.37. The van der Waals surface area contributed by atoms with Gasteiger partial charge in [0.25, 0.3) is 0 Å². The summed E-state index contributed by atoms with van der Waals surface area (Å²) in [5.74, 6) is 3.02. The van der Waals surface area contributed by atoms with Gasteiger partial charge >= 0.3 is 0 Å². The van der Waals surface area contributed by atoms with E-state index in [9.17, 15) is 0 Å². The molecule has 4 atom stereocenters. The lowest BCUT2D eigenvalue weighted by molar-refractivity contribution is 0.140. The fraction of sp³-hybridized carbons (Fsp3) is 1.00. The minimum atomic E-state index is 0.837. The molecule has 1 N–H and O–H groups in total. The highest BCUT2D eigenvalue weighted by molar-refractivity contribution is 4.94. The van der Waals surface area contributed by atoms with Gasteiger partial charge in [-0.15, -0.1) is 0 Å². The number of likely N-dealkylation sites (tertiary alicyclic amines) is 1. The van der Waals surface area contributed by atoms with Gasteiger partial charge in [0.2, 0.25) is 0 Å². The Morgan fingerprint density at radius 1 is 1.07 bits per heavy atom. The van der Waals surface area contributed by atoms with Gasteiger partial charge < -0.3 is 5.32 Å². The van der Waals surface area contributed by atoms with Crippen molar-refractivity contribution in [3.8, 4) is 0 Å². The molecule has 1 saturated carbocycles. The van der Waals surface area contributed by atoms with Gasteiger partial charge in [0, 0.05) is 25.7 Å². The summed E-state index contributed by atoms with van der Waals surface area (Å²) in [6, 6.07) is 0.837. The van der Waals surface area contributed by atoms with Crippen molar-refractivity contribution >= 4 is 0 Å². The number of nitrogens with one attached hydrogen (secondary N) is 1. The first-order valence-corrected chi connectivity index (χ1v) is 6.79. The van der Waals surface area contributed by atoms with Crippen molar-refractivity contribution in [2.75, 3.05) is 26.2 Å². The number of rotatable bonds is 1. The first-order valence-electron chi connectivity index (χ1n) is 6.79. The van der Waals surface area contributed by atoms with Gasteiger partial charge in [0.1, 0.15) is 0 Å². The summed E-state index contributed by atoms with van der Waals surface area (Å²) in [5.41, 5.74) is 0. The SMILES string of the molecule is CC1CCNCC1N1CC2CCCC2C1. The Hall–Kier alpha value is -0.0800.